The molecule has 0 heterocycles. The van der Waals surface area contributed by atoms with Crippen LogP contribution in [-0.2, 0) is 10.5 Å². The van der Waals surface area contributed by atoms with Gasteiger partial charge in [0.25, 0.3) is 0 Å². The molecule has 0 aromatic heterocycles. The molecule has 0 aliphatic rings. The maximum absolute atomic E-state index is 13.5. The van der Waals surface area contributed by atoms with Crippen molar-refractivity contribution in [1.82, 2.24) is 0 Å². The molecule has 6 heteroatoms. The third-order valence-corrected chi connectivity index (χ3v) is 4.31. The second-order valence-electron chi connectivity index (χ2n) is 4.44. The van der Waals surface area contributed by atoms with Crippen LogP contribution in [0.5, 0.6) is 0 Å². The van der Waals surface area contributed by atoms with Gasteiger partial charge in [0.1, 0.15) is 11.9 Å². The van der Waals surface area contributed by atoms with Gasteiger partial charge in [0.15, 0.2) is 0 Å². The number of nitrogens with two attached hydrogens (primary N) is 1. The van der Waals surface area contributed by atoms with Crippen molar-refractivity contribution in [1.29, 1.82) is 0 Å². The van der Waals surface area contributed by atoms with Crippen LogP contribution in [0.3, 0.4) is 0 Å². The van der Waals surface area contributed by atoms with Crippen molar-refractivity contribution >= 4 is 29.3 Å². The van der Waals surface area contributed by atoms with Gasteiger partial charge in [-0.2, -0.15) is 0 Å². The Hall–Kier alpha value is -0.780. The number of hydrogen-bond acceptors (Lipinski definition) is 3. The average Bonchev–Trinajstić information content (AvgIpc) is 2.29. The minimum absolute atomic E-state index is 0.320. The highest BCUT2D eigenvalue weighted by Crippen LogP contribution is 2.32. The van der Waals surface area contributed by atoms with Crippen LogP contribution in [0.4, 0.5) is 4.39 Å². The van der Waals surface area contributed by atoms with E-state index in [0.717, 1.165) is 0 Å². The zero-order chi connectivity index (χ0) is 13.9. The minimum atomic E-state index is -1.07. The first-order chi connectivity index (χ1) is 8.24. The van der Waals surface area contributed by atoms with E-state index < -0.39 is 16.8 Å². The van der Waals surface area contributed by atoms with Crippen LogP contribution in [0.2, 0.25) is 5.02 Å². The van der Waals surface area contributed by atoms with Gasteiger partial charge in [0, 0.05) is 15.5 Å². The fraction of sp³-hybridized carbons (Fsp3) is 0.417. The summed E-state index contributed by atoms with van der Waals surface area (Å²) in [6.45, 7) is 3.44. The standard InChI is InChI=1S/C12H15ClFNO2S/c1-12(2,10(15)11(16)17)18-6-7-5-8(13)3-4-9(7)14/h3-5,10H,6,15H2,1-2H3,(H,16,17)/t10-/m0/s1. The monoisotopic (exact) mass is 291 g/mol. The van der Waals surface area contributed by atoms with E-state index in [1.807, 2.05) is 0 Å². The van der Waals surface area contributed by atoms with Crippen molar-refractivity contribution < 1.29 is 14.3 Å². The van der Waals surface area contributed by atoms with E-state index in [-0.39, 0.29) is 5.82 Å². The Morgan fingerprint density at radius 2 is 2.22 bits per heavy atom. The number of carbonyl (C=O) groups is 1. The molecule has 0 fully saturated rings. The summed E-state index contributed by atoms with van der Waals surface area (Å²) in [6, 6.07) is 3.29. The Labute approximate surface area is 115 Å². The number of hydrogen-bond donors (Lipinski definition) is 2. The van der Waals surface area contributed by atoms with Crippen LogP contribution < -0.4 is 5.73 Å². The predicted molar refractivity (Wildman–Crippen MR) is 72.4 cm³/mol. The minimum Gasteiger partial charge on any atom is -0.480 e. The molecule has 3 nitrogen and oxygen atoms in total. The highest BCUT2D eigenvalue weighted by molar-refractivity contribution is 7.99. The molecule has 0 aliphatic heterocycles. The van der Waals surface area contributed by atoms with Crippen molar-refractivity contribution in [3.8, 4) is 0 Å². The van der Waals surface area contributed by atoms with Crippen LogP contribution in [0.15, 0.2) is 18.2 Å². The fourth-order valence-corrected chi connectivity index (χ4v) is 2.53. The van der Waals surface area contributed by atoms with Gasteiger partial charge < -0.3 is 10.8 Å². The number of halogens is 2. The van der Waals surface area contributed by atoms with Gasteiger partial charge >= 0.3 is 5.97 Å². The first kappa shape index (κ1) is 15.3. The van der Waals surface area contributed by atoms with Crippen LogP contribution in [0.1, 0.15) is 19.4 Å². The second-order valence-corrected chi connectivity index (χ2v) is 6.51. The molecule has 3 N–H and O–H groups in total. The van der Waals surface area contributed by atoms with Crippen LogP contribution >= 0.6 is 23.4 Å². The maximum atomic E-state index is 13.5. The predicted octanol–water partition coefficient (Wildman–Crippen LogP) is 2.90. The lowest BCUT2D eigenvalue weighted by Gasteiger charge is -2.28. The average molecular weight is 292 g/mol. The van der Waals surface area contributed by atoms with Gasteiger partial charge in [-0.05, 0) is 37.6 Å². The SMILES string of the molecule is CC(C)(SCc1cc(Cl)ccc1F)[C@@H](N)C(=O)O. The molecule has 1 rings (SSSR count). The Morgan fingerprint density at radius 3 is 2.78 bits per heavy atom. The number of carboxylic acid groups (broad SMARTS) is 1. The molecule has 100 valence electrons. The molecule has 1 aromatic carbocycles. The quantitative estimate of drug-likeness (QED) is 0.875. The van der Waals surface area contributed by atoms with Gasteiger partial charge in [-0.3, -0.25) is 4.79 Å². The Kier molecular flexibility index (Phi) is 5.01. The summed E-state index contributed by atoms with van der Waals surface area (Å²) >= 11 is 7.07. The van der Waals surface area contributed by atoms with Crippen molar-refractivity contribution in [3.63, 3.8) is 0 Å². The Bertz CT molecular complexity index is 454. The van der Waals surface area contributed by atoms with Gasteiger partial charge in [-0.15, -0.1) is 11.8 Å². The lowest BCUT2D eigenvalue weighted by molar-refractivity contribution is -0.139. The topological polar surface area (TPSA) is 63.3 Å². The molecular weight excluding hydrogens is 277 g/mol. The van der Waals surface area contributed by atoms with E-state index in [1.54, 1.807) is 13.8 Å². The number of benzene rings is 1. The molecule has 0 saturated heterocycles. The van der Waals surface area contributed by atoms with E-state index in [4.69, 9.17) is 22.4 Å². The number of carboxylic acids is 1. The number of aliphatic carboxylic acids is 1. The Morgan fingerprint density at radius 1 is 1.61 bits per heavy atom. The first-order valence-corrected chi connectivity index (χ1v) is 6.66. The number of thioether (sulfide) groups is 1. The number of rotatable bonds is 5. The second kappa shape index (κ2) is 5.91. The summed E-state index contributed by atoms with van der Waals surface area (Å²) < 4.78 is 12.8. The van der Waals surface area contributed by atoms with E-state index in [1.165, 1.54) is 30.0 Å². The molecule has 0 bridgehead atoms. The zero-order valence-electron chi connectivity index (χ0n) is 10.1. The summed E-state index contributed by atoms with van der Waals surface area (Å²) in [6.07, 6.45) is 0. The van der Waals surface area contributed by atoms with Crippen molar-refractivity contribution in [2.45, 2.75) is 30.4 Å². The normalized spacial score (nSPS) is 13.4. The van der Waals surface area contributed by atoms with Gasteiger partial charge in [-0.1, -0.05) is 11.6 Å². The van der Waals surface area contributed by atoms with Crippen molar-refractivity contribution in [3.05, 3.63) is 34.6 Å². The van der Waals surface area contributed by atoms with E-state index >= 15 is 0 Å². The Balaban J connectivity index is 2.75. The summed E-state index contributed by atoms with van der Waals surface area (Å²) in [4.78, 5) is 10.8. The molecule has 0 amide bonds. The molecule has 18 heavy (non-hydrogen) atoms. The lowest BCUT2D eigenvalue weighted by Crippen LogP contribution is -2.46. The highest BCUT2D eigenvalue weighted by atomic mass is 35.5. The maximum Gasteiger partial charge on any atom is 0.321 e. The highest BCUT2D eigenvalue weighted by Gasteiger charge is 2.32. The fourth-order valence-electron chi connectivity index (χ4n) is 1.30. The zero-order valence-corrected chi connectivity index (χ0v) is 11.7. The molecule has 1 aromatic rings. The third-order valence-electron chi connectivity index (χ3n) is 2.62. The summed E-state index contributed by atoms with van der Waals surface area (Å²) in [5.74, 6) is -1.11. The van der Waals surface area contributed by atoms with Crippen molar-refractivity contribution in [2.24, 2.45) is 5.73 Å². The smallest absolute Gasteiger partial charge is 0.321 e. The molecule has 0 aliphatic carbocycles. The lowest BCUT2D eigenvalue weighted by atomic mass is 10.1. The van der Waals surface area contributed by atoms with E-state index in [9.17, 15) is 9.18 Å². The molecule has 0 unspecified atom stereocenters. The van der Waals surface area contributed by atoms with Crippen molar-refractivity contribution in [2.75, 3.05) is 0 Å². The van der Waals surface area contributed by atoms with Crippen LogP contribution in [0.25, 0.3) is 0 Å². The molecule has 1 atom stereocenters. The molecule has 0 spiro atoms. The van der Waals surface area contributed by atoms with E-state index in [2.05, 4.69) is 0 Å². The first-order valence-electron chi connectivity index (χ1n) is 5.30. The van der Waals surface area contributed by atoms with Gasteiger partial charge in [0.2, 0.25) is 0 Å². The molecule has 0 saturated carbocycles. The summed E-state index contributed by atoms with van der Waals surface area (Å²) in [5.41, 5.74) is 6.03. The van der Waals surface area contributed by atoms with Crippen LogP contribution in [-0.4, -0.2) is 21.9 Å². The molecule has 0 radical (unpaired) electrons. The van der Waals surface area contributed by atoms with Gasteiger partial charge in [-0.25, -0.2) is 4.39 Å². The summed E-state index contributed by atoms with van der Waals surface area (Å²) in [7, 11) is 0. The third kappa shape index (κ3) is 3.86. The van der Waals surface area contributed by atoms with Gasteiger partial charge in [0.05, 0.1) is 0 Å². The molecular formula is C12H15ClFNO2S. The largest absolute Gasteiger partial charge is 0.480 e. The summed E-state index contributed by atoms with van der Waals surface area (Å²) in [5, 5.41) is 9.33. The van der Waals surface area contributed by atoms with E-state index in [0.29, 0.717) is 16.3 Å². The van der Waals surface area contributed by atoms with Crippen LogP contribution in [0, 0.1) is 5.82 Å².